The van der Waals surface area contributed by atoms with E-state index in [2.05, 4.69) is 19.2 Å². The van der Waals surface area contributed by atoms with Gasteiger partial charge in [-0.1, -0.05) is 13.8 Å². The number of carbonyl (C=O) groups excluding carboxylic acids is 1. The first-order chi connectivity index (χ1) is 5.97. The van der Waals surface area contributed by atoms with Gasteiger partial charge in [-0.15, -0.1) is 0 Å². The van der Waals surface area contributed by atoms with Gasteiger partial charge in [-0.3, -0.25) is 4.79 Å². The first-order valence-electron chi connectivity index (χ1n) is 4.73. The van der Waals surface area contributed by atoms with Crippen LogP contribution in [0.5, 0.6) is 0 Å². The number of nitrogens with two attached hydrogens (primary N) is 2. The average Bonchev–Trinajstić information content (AvgIpc) is 2.01. The average molecular weight is 187 g/mol. The molecule has 78 valence electrons. The SMILES string of the molecule is CC(C)C[C@H](C)NC(=O)[C@@H](N)CN. The predicted molar refractivity (Wildman–Crippen MR) is 54.1 cm³/mol. The lowest BCUT2D eigenvalue weighted by Crippen LogP contribution is -2.48. The van der Waals surface area contributed by atoms with E-state index < -0.39 is 6.04 Å². The van der Waals surface area contributed by atoms with Crippen molar-refractivity contribution in [1.82, 2.24) is 5.32 Å². The van der Waals surface area contributed by atoms with Crippen LogP contribution in [0, 0.1) is 5.92 Å². The number of rotatable bonds is 5. The third-order valence-electron chi connectivity index (χ3n) is 1.80. The molecular formula is C9H21N3O. The number of hydrogen-bond donors (Lipinski definition) is 3. The Labute approximate surface area is 80.0 Å². The predicted octanol–water partition coefficient (Wildman–Crippen LogP) is -0.177. The highest BCUT2D eigenvalue weighted by atomic mass is 16.2. The van der Waals surface area contributed by atoms with Crippen LogP contribution >= 0.6 is 0 Å². The van der Waals surface area contributed by atoms with E-state index in [9.17, 15) is 4.79 Å². The zero-order valence-corrected chi connectivity index (χ0v) is 8.71. The largest absolute Gasteiger partial charge is 0.352 e. The fourth-order valence-electron chi connectivity index (χ4n) is 1.22. The van der Waals surface area contributed by atoms with Crippen LogP contribution in [0.2, 0.25) is 0 Å². The van der Waals surface area contributed by atoms with Gasteiger partial charge in [0.1, 0.15) is 0 Å². The Morgan fingerprint density at radius 1 is 1.38 bits per heavy atom. The molecule has 4 nitrogen and oxygen atoms in total. The summed E-state index contributed by atoms with van der Waals surface area (Å²) in [5.74, 6) is 0.417. The fourth-order valence-corrected chi connectivity index (χ4v) is 1.22. The molecule has 1 amide bonds. The summed E-state index contributed by atoms with van der Waals surface area (Å²) in [7, 11) is 0. The van der Waals surface area contributed by atoms with Crippen LogP contribution in [0.3, 0.4) is 0 Å². The molecule has 2 atom stereocenters. The molecule has 0 radical (unpaired) electrons. The quantitative estimate of drug-likeness (QED) is 0.558. The van der Waals surface area contributed by atoms with Gasteiger partial charge in [-0.25, -0.2) is 0 Å². The van der Waals surface area contributed by atoms with E-state index in [4.69, 9.17) is 11.5 Å². The summed E-state index contributed by atoms with van der Waals surface area (Å²) < 4.78 is 0. The van der Waals surface area contributed by atoms with Gasteiger partial charge in [0.2, 0.25) is 5.91 Å². The first kappa shape index (κ1) is 12.4. The lowest BCUT2D eigenvalue weighted by atomic mass is 10.1. The molecule has 0 rings (SSSR count). The standard InChI is InChI=1S/C9H21N3O/c1-6(2)4-7(3)12-9(13)8(11)5-10/h6-8H,4-5,10-11H2,1-3H3,(H,12,13)/t7-,8-/m0/s1. The van der Waals surface area contributed by atoms with Gasteiger partial charge in [0.25, 0.3) is 0 Å². The van der Waals surface area contributed by atoms with Gasteiger partial charge < -0.3 is 16.8 Å². The maximum Gasteiger partial charge on any atom is 0.238 e. The van der Waals surface area contributed by atoms with Gasteiger partial charge >= 0.3 is 0 Å². The minimum absolute atomic E-state index is 0.157. The Hall–Kier alpha value is -0.610. The lowest BCUT2D eigenvalue weighted by molar-refractivity contribution is -0.122. The van der Waals surface area contributed by atoms with Crippen LogP contribution in [0.25, 0.3) is 0 Å². The van der Waals surface area contributed by atoms with Crippen LogP contribution in [-0.4, -0.2) is 24.5 Å². The second-order valence-corrected chi connectivity index (χ2v) is 3.88. The Kier molecular flexibility index (Phi) is 5.66. The highest BCUT2D eigenvalue weighted by Crippen LogP contribution is 2.03. The second-order valence-electron chi connectivity index (χ2n) is 3.88. The monoisotopic (exact) mass is 187 g/mol. The van der Waals surface area contributed by atoms with Crippen molar-refractivity contribution in [2.75, 3.05) is 6.54 Å². The van der Waals surface area contributed by atoms with E-state index in [0.717, 1.165) is 6.42 Å². The van der Waals surface area contributed by atoms with E-state index in [1.165, 1.54) is 0 Å². The molecular weight excluding hydrogens is 166 g/mol. The summed E-state index contributed by atoms with van der Waals surface area (Å²) in [6, 6.07) is -0.403. The third-order valence-corrected chi connectivity index (χ3v) is 1.80. The van der Waals surface area contributed by atoms with Gasteiger partial charge in [-0.05, 0) is 19.3 Å². The molecule has 5 N–H and O–H groups in total. The van der Waals surface area contributed by atoms with Crippen molar-refractivity contribution in [2.24, 2.45) is 17.4 Å². The molecule has 0 spiro atoms. The molecule has 0 bridgehead atoms. The first-order valence-corrected chi connectivity index (χ1v) is 4.73. The van der Waals surface area contributed by atoms with Crippen molar-refractivity contribution in [3.63, 3.8) is 0 Å². The summed E-state index contributed by atoms with van der Waals surface area (Å²) in [6.45, 7) is 6.40. The molecule has 0 saturated carbocycles. The summed E-state index contributed by atoms with van der Waals surface area (Å²) in [4.78, 5) is 11.2. The summed E-state index contributed by atoms with van der Waals surface area (Å²) in [5.41, 5.74) is 10.7. The van der Waals surface area contributed by atoms with Crippen LogP contribution in [0.15, 0.2) is 0 Å². The van der Waals surface area contributed by atoms with Gasteiger partial charge in [0, 0.05) is 12.6 Å². The molecule has 0 unspecified atom stereocenters. The van der Waals surface area contributed by atoms with Crippen molar-refractivity contribution in [3.8, 4) is 0 Å². The minimum atomic E-state index is -0.574. The summed E-state index contributed by atoms with van der Waals surface area (Å²) in [6.07, 6.45) is 0.961. The van der Waals surface area contributed by atoms with Crippen molar-refractivity contribution >= 4 is 5.91 Å². The second kappa shape index (κ2) is 5.94. The maximum absolute atomic E-state index is 11.2. The van der Waals surface area contributed by atoms with Crippen LogP contribution in [0.1, 0.15) is 27.2 Å². The smallest absolute Gasteiger partial charge is 0.238 e. The molecule has 0 aromatic rings. The van der Waals surface area contributed by atoms with Crippen molar-refractivity contribution in [3.05, 3.63) is 0 Å². The van der Waals surface area contributed by atoms with E-state index >= 15 is 0 Å². The third kappa shape index (κ3) is 5.60. The molecule has 0 aromatic carbocycles. The molecule has 0 aliphatic carbocycles. The molecule has 0 heterocycles. The number of nitrogens with one attached hydrogen (secondary N) is 1. The van der Waals surface area contributed by atoms with Gasteiger partial charge in [0.05, 0.1) is 6.04 Å². The topological polar surface area (TPSA) is 81.1 Å². The molecule has 0 fully saturated rings. The lowest BCUT2D eigenvalue weighted by Gasteiger charge is -2.18. The molecule has 13 heavy (non-hydrogen) atoms. The molecule has 0 aliphatic rings. The molecule has 0 aliphatic heterocycles. The highest BCUT2D eigenvalue weighted by molar-refractivity contribution is 5.81. The Bertz CT molecular complexity index is 159. The minimum Gasteiger partial charge on any atom is -0.352 e. The van der Waals surface area contributed by atoms with E-state index in [0.29, 0.717) is 5.92 Å². The molecule has 4 heteroatoms. The van der Waals surface area contributed by atoms with E-state index in [-0.39, 0.29) is 18.5 Å². The van der Waals surface area contributed by atoms with E-state index in [1.54, 1.807) is 0 Å². The van der Waals surface area contributed by atoms with Gasteiger partial charge in [0.15, 0.2) is 0 Å². The molecule has 0 aromatic heterocycles. The van der Waals surface area contributed by atoms with Crippen LogP contribution in [-0.2, 0) is 4.79 Å². The van der Waals surface area contributed by atoms with Crippen molar-refractivity contribution < 1.29 is 4.79 Å². The van der Waals surface area contributed by atoms with Crippen molar-refractivity contribution in [2.45, 2.75) is 39.3 Å². The Morgan fingerprint density at radius 3 is 2.31 bits per heavy atom. The van der Waals surface area contributed by atoms with Gasteiger partial charge in [-0.2, -0.15) is 0 Å². The Balaban J connectivity index is 3.77. The number of hydrogen-bond acceptors (Lipinski definition) is 3. The Morgan fingerprint density at radius 2 is 1.92 bits per heavy atom. The van der Waals surface area contributed by atoms with Crippen LogP contribution in [0.4, 0.5) is 0 Å². The van der Waals surface area contributed by atoms with Crippen molar-refractivity contribution in [1.29, 1.82) is 0 Å². The maximum atomic E-state index is 11.2. The zero-order valence-electron chi connectivity index (χ0n) is 8.71. The summed E-state index contributed by atoms with van der Waals surface area (Å²) >= 11 is 0. The van der Waals surface area contributed by atoms with E-state index in [1.807, 2.05) is 6.92 Å². The number of carbonyl (C=O) groups is 1. The number of amides is 1. The highest BCUT2D eigenvalue weighted by Gasteiger charge is 2.14. The van der Waals surface area contributed by atoms with Crippen LogP contribution < -0.4 is 16.8 Å². The fraction of sp³-hybridized carbons (Fsp3) is 0.889. The zero-order chi connectivity index (χ0) is 10.4. The summed E-state index contributed by atoms with van der Waals surface area (Å²) in [5, 5.41) is 2.82. The normalized spacial score (nSPS) is 15.5. The molecule has 0 saturated heterocycles.